The predicted molar refractivity (Wildman–Crippen MR) is 95.5 cm³/mol. The Labute approximate surface area is 128 Å². The zero-order valence-electron chi connectivity index (χ0n) is 13.3. The van der Waals surface area contributed by atoms with Crippen molar-refractivity contribution >= 4 is 22.9 Å². The summed E-state index contributed by atoms with van der Waals surface area (Å²) in [6.07, 6.45) is 11.6. The highest BCUT2D eigenvalue weighted by molar-refractivity contribution is 5.98. The summed E-state index contributed by atoms with van der Waals surface area (Å²) in [6, 6.07) is 11.1. The second-order valence-corrected chi connectivity index (χ2v) is 5.32. The van der Waals surface area contributed by atoms with Crippen molar-refractivity contribution in [2.45, 2.75) is 32.6 Å². The number of rotatable bonds is 0. The number of nitrogens with two attached hydrogens (primary N) is 1. The summed E-state index contributed by atoms with van der Waals surface area (Å²) in [5.74, 6) is 0.596. The minimum atomic E-state index is 0.596. The average molecular weight is 279 g/mol. The second-order valence-electron chi connectivity index (χ2n) is 5.32. The van der Waals surface area contributed by atoms with E-state index in [1.54, 1.807) is 0 Å². The molecule has 1 heteroatoms. The van der Waals surface area contributed by atoms with Crippen LogP contribution >= 0.6 is 0 Å². The third kappa shape index (κ3) is 2.93. The molecule has 0 bridgehead atoms. The molecule has 2 N–H and O–H groups in total. The van der Waals surface area contributed by atoms with Crippen LogP contribution in [0.25, 0.3) is 22.9 Å². The first-order chi connectivity index (χ1) is 10.3. The first-order valence-corrected chi connectivity index (χ1v) is 7.83. The molecule has 110 valence electrons. The summed E-state index contributed by atoms with van der Waals surface area (Å²) in [7, 11) is 1.50. The van der Waals surface area contributed by atoms with Gasteiger partial charge in [0, 0.05) is 5.92 Å². The minimum Gasteiger partial charge on any atom is -0.333 e. The zero-order valence-corrected chi connectivity index (χ0v) is 13.3. The van der Waals surface area contributed by atoms with Crippen LogP contribution in [0.5, 0.6) is 0 Å². The Morgan fingerprint density at radius 1 is 1.00 bits per heavy atom. The van der Waals surface area contributed by atoms with E-state index >= 15 is 0 Å². The van der Waals surface area contributed by atoms with Crippen molar-refractivity contribution in [3.8, 4) is 0 Å². The first kappa shape index (κ1) is 15.5. The Morgan fingerprint density at radius 3 is 2.52 bits per heavy atom. The molecule has 0 saturated carbocycles. The van der Waals surface area contributed by atoms with Gasteiger partial charge in [-0.25, -0.2) is 0 Å². The van der Waals surface area contributed by atoms with E-state index in [9.17, 15) is 0 Å². The lowest BCUT2D eigenvalue weighted by Gasteiger charge is -2.25. The van der Waals surface area contributed by atoms with Crippen LogP contribution in [0, 0.1) is 0 Å². The molecule has 1 atom stereocenters. The van der Waals surface area contributed by atoms with Gasteiger partial charge in [0.25, 0.3) is 0 Å². The largest absolute Gasteiger partial charge is 0.333 e. The zero-order chi connectivity index (χ0) is 15.2. The fraction of sp³-hybridized carbons (Fsp3) is 0.300. The molecule has 0 aliphatic heterocycles. The summed E-state index contributed by atoms with van der Waals surface area (Å²) >= 11 is 0. The van der Waals surface area contributed by atoms with Crippen molar-refractivity contribution < 1.29 is 0 Å². The molecule has 0 aromatic heterocycles. The van der Waals surface area contributed by atoms with Crippen LogP contribution in [0.3, 0.4) is 0 Å². The Kier molecular flexibility index (Phi) is 5.35. The molecule has 2 aliphatic carbocycles. The highest BCUT2D eigenvalue weighted by atomic mass is 14.4. The van der Waals surface area contributed by atoms with Gasteiger partial charge in [-0.1, -0.05) is 74.9 Å². The van der Waals surface area contributed by atoms with E-state index in [4.69, 9.17) is 0 Å². The highest BCUT2D eigenvalue weighted by Gasteiger charge is 2.21. The lowest BCUT2D eigenvalue weighted by molar-refractivity contribution is 0.861. The molecule has 21 heavy (non-hydrogen) atoms. The van der Waals surface area contributed by atoms with Crippen molar-refractivity contribution in [3.05, 3.63) is 59.2 Å². The standard InChI is InChI=1S/C16H12.C3H8.CH5N/c1-3-11-7-9-13-5-2-6-14-10-8-12(4-1)15(11)16(13)14;1-3-2;1-2/h1-5,7-10,14H,6H2;3H2,1-2H3;2H2,1H3. The number of allylic oxidation sites excluding steroid dienone is 2. The van der Waals surface area contributed by atoms with Gasteiger partial charge in [0.05, 0.1) is 0 Å². The molecule has 0 radical (unpaired) electrons. The van der Waals surface area contributed by atoms with Gasteiger partial charge in [0.1, 0.15) is 0 Å². The fourth-order valence-corrected chi connectivity index (χ4v) is 2.99. The van der Waals surface area contributed by atoms with E-state index in [-0.39, 0.29) is 0 Å². The van der Waals surface area contributed by atoms with Gasteiger partial charge in [0.2, 0.25) is 0 Å². The Bertz CT molecular complexity index is 665. The highest BCUT2D eigenvalue weighted by Crippen LogP contribution is 2.41. The molecule has 0 fully saturated rings. The maximum absolute atomic E-state index is 4.50. The van der Waals surface area contributed by atoms with Crippen LogP contribution in [-0.4, -0.2) is 7.05 Å². The van der Waals surface area contributed by atoms with E-state index in [0.29, 0.717) is 5.92 Å². The first-order valence-electron chi connectivity index (χ1n) is 7.83. The SMILES string of the molecule is C1=Cc2ccc3cccc4c3c2C(C=C4)C1.CCC.CN. The van der Waals surface area contributed by atoms with Crippen molar-refractivity contribution in [1.82, 2.24) is 0 Å². The number of benzene rings is 2. The molecule has 0 amide bonds. The van der Waals surface area contributed by atoms with Gasteiger partial charge in [-0.3, -0.25) is 0 Å². The smallest absolute Gasteiger partial charge is 0.00682 e. The van der Waals surface area contributed by atoms with Crippen molar-refractivity contribution in [3.63, 3.8) is 0 Å². The average Bonchev–Trinajstić information content (AvgIpc) is 2.55. The molecule has 0 spiro atoms. The maximum Gasteiger partial charge on any atom is 0.00682 e. The lowest BCUT2D eigenvalue weighted by atomic mass is 9.79. The monoisotopic (exact) mass is 279 g/mol. The second kappa shape index (κ2) is 7.24. The summed E-state index contributed by atoms with van der Waals surface area (Å²) < 4.78 is 0. The number of hydrogen-bond donors (Lipinski definition) is 1. The van der Waals surface area contributed by atoms with Gasteiger partial charge >= 0.3 is 0 Å². The Balaban J connectivity index is 0.000000291. The maximum atomic E-state index is 4.50. The summed E-state index contributed by atoms with van der Waals surface area (Å²) in [5, 5.41) is 2.85. The van der Waals surface area contributed by atoms with Gasteiger partial charge < -0.3 is 5.73 Å². The molecule has 0 saturated heterocycles. The van der Waals surface area contributed by atoms with Crippen LogP contribution < -0.4 is 5.73 Å². The van der Waals surface area contributed by atoms with E-state index in [2.05, 4.69) is 74.2 Å². The normalized spacial score (nSPS) is 16.7. The van der Waals surface area contributed by atoms with Crippen molar-refractivity contribution in [1.29, 1.82) is 0 Å². The van der Waals surface area contributed by atoms with Crippen LogP contribution in [0.4, 0.5) is 0 Å². The third-order valence-electron chi connectivity index (χ3n) is 3.72. The van der Waals surface area contributed by atoms with Gasteiger partial charge in [-0.05, 0) is 40.9 Å². The molecule has 2 aliphatic rings. The predicted octanol–water partition coefficient (Wildman–Crippen LogP) is 5.36. The van der Waals surface area contributed by atoms with Gasteiger partial charge in [0.15, 0.2) is 0 Å². The van der Waals surface area contributed by atoms with Gasteiger partial charge in [-0.2, -0.15) is 0 Å². The molecule has 4 rings (SSSR count). The molecule has 1 unspecified atom stereocenters. The third-order valence-corrected chi connectivity index (χ3v) is 3.72. The van der Waals surface area contributed by atoms with Gasteiger partial charge in [-0.15, -0.1) is 0 Å². The van der Waals surface area contributed by atoms with E-state index in [1.165, 1.54) is 40.9 Å². The summed E-state index contributed by atoms with van der Waals surface area (Å²) in [4.78, 5) is 0. The summed E-state index contributed by atoms with van der Waals surface area (Å²) in [5.41, 5.74) is 8.82. The quantitative estimate of drug-likeness (QED) is 0.690. The van der Waals surface area contributed by atoms with Crippen LogP contribution in [0.15, 0.2) is 42.5 Å². The lowest BCUT2D eigenvalue weighted by Crippen LogP contribution is -2.05. The van der Waals surface area contributed by atoms with Crippen molar-refractivity contribution in [2.24, 2.45) is 5.73 Å². The van der Waals surface area contributed by atoms with Crippen molar-refractivity contribution in [2.75, 3.05) is 7.05 Å². The van der Waals surface area contributed by atoms with E-state index in [0.717, 1.165) is 6.42 Å². The van der Waals surface area contributed by atoms with E-state index < -0.39 is 0 Å². The Morgan fingerprint density at radius 2 is 1.76 bits per heavy atom. The molecule has 0 heterocycles. The molecular weight excluding hydrogens is 254 g/mol. The van der Waals surface area contributed by atoms with Crippen LogP contribution in [0.2, 0.25) is 0 Å². The molecule has 2 aromatic rings. The fourth-order valence-electron chi connectivity index (χ4n) is 2.99. The van der Waals surface area contributed by atoms with Crippen LogP contribution in [-0.2, 0) is 0 Å². The van der Waals surface area contributed by atoms with Crippen LogP contribution in [0.1, 0.15) is 49.3 Å². The molecular formula is C20H25N. The molecule has 2 aromatic carbocycles. The topological polar surface area (TPSA) is 26.0 Å². The number of hydrogen-bond acceptors (Lipinski definition) is 1. The van der Waals surface area contributed by atoms with E-state index in [1.807, 2.05) is 0 Å². The minimum absolute atomic E-state index is 0.596. The summed E-state index contributed by atoms with van der Waals surface area (Å²) in [6.45, 7) is 4.25. The Hall–Kier alpha value is -1.86. The molecule has 1 nitrogen and oxygen atoms in total.